The number of rotatable bonds is 4. The van der Waals surface area contributed by atoms with Crippen LogP contribution in [0, 0.1) is 0 Å². The van der Waals surface area contributed by atoms with Crippen molar-refractivity contribution in [3.8, 4) is 5.75 Å². The zero-order chi connectivity index (χ0) is 18.6. The van der Waals surface area contributed by atoms with Gasteiger partial charge in [0, 0.05) is 12.6 Å². The Hall–Kier alpha value is -2.16. The Bertz CT molecular complexity index is 654. The Morgan fingerprint density at radius 2 is 2.12 bits per heavy atom. The van der Waals surface area contributed by atoms with E-state index in [9.17, 15) is 22.8 Å². The Morgan fingerprint density at radius 3 is 2.72 bits per heavy atom. The molecule has 10 heteroatoms. The van der Waals surface area contributed by atoms with Crippen molar-refractivity contribution in [1.82, 2.24) is 4.90 Å². The molecule has 1 saturated heterocycles. The van der Waals surface area contributed by atoms with E-state index >= 15 is 0 Å². The van der Waals surface area contributed by atoms with E-state index in [4.69, 9.17) is 16.3 Å². The van der Waals surface area contributed by atoms with Gasteiger partial charge in [-0.25, -0.2) is 4.79 Å². The third-order valence-electron chi connectivity index (χ3n) is 3.58. The van der Waals surface area contributed by atoms with Crippen molar-refractivity contribution in [1.29, 1.82) is 0 Å². The maximum absolute atomic E-state index is 12.4. The smallest absolute Gasteiger partial charge is 0.422 e. The van der Waals surface area contributed by atoms with Gasteiger partial charge in [0.2, 0.25) is 5.91 Å². The van der Waals surface area contributed by atoms with Crippen LogP contribution < -0.4 is 10.1 Å². The maximum atomic E-state index is 12.4. The lowest BCUT2D eigenvalue weighted by Gasteiger charge is -2.23. The number of nitrogens with one attached hydrogen (secondary N) is 1. The quantitative estimate of drug-likeness (QED) is 0.868. The minimum Gasteiger partial charge on any atom is -0.497 e. The molecule has 2 rings (SSSR count). The number of likely N-dealkylation sites (tertiary alicyclic amines) is 1. The molecule has 6 nitrogen and oxygen atoms in total. The molecule has 1 fully saturated rings. The van der Waals surface area contributed by atoms with Gasteiger partial charge in [0.25, 0.3) is 0 Å². The Morgan fingerprint density at radius 1 is 1.40 bits per heavy atom. The summed E-state index contributed by atoms with van der Waals surface area (Å²) in [5, 5.41) is 2.80. The zero-order valence-corrected chi connectivity index (χ0v) is 14.0. The van der Waals surface area contributed by atoms with E-state index in [-0.39, 0.29) is 11.6 Å². The van der Waals surface area contributed by atoms with E-state index in [1.54, 1.807) is 6.07 Å². The highest BCUT2D eigenvalue weighted by Crippen LogP contribution is 2.28. The van der Waals surface area contributed by atoms with Crippen molar-refractivity contribution in [3.63, 3.8) is 0 Å². The van der Waals surface area contributed by atoms with Gasteiger partial charge in [0.1, 0.15) is 11.8 Å². The monoisotopic (exact) mass is 380 g/mol. The number of carbonyl (C=O) groups excluding carboxylic acids is 2. The largest absolute Gasteiger partial charge is 0.497 e. The highest BCUT2D eigenvalue weighted by atomic mass is 35.5. The number of nitrogens with zero attached hydrogens (tertiary/aromatic N) is 1. The van der Waals surface area contributed by atoms with E-state index in [2.05, 4.69) is 10.1 Å². The van der Waals surface area contributed by atoms with Gasteiger partial charge in [-0.2, -0.15) is 13.2 Å². The second-order valence-electron chi connectivity index (χ2n) is 5.36. The van der Waals surface area contributed by atoms with Crippen LogP contribution in [0.25, 0.3) is 0 Å². The molecule has 1 aliphatic rings. The predicted molar refractivity (Wildman–Crippen MR) is 83.8 cm³/mol. The molecule has 2 amide bonds. The summed E-state index contributed by atoms with van der Waals surface area (Å²) in [6, 6.07) is 3.70. The van der Waals surface area contributed by atoms with Crippen LogP contribution >= 0.6 is 11.6 Å². The molecule has 1 unspecified atom stereocenters. The number of anilines is 1. The summed E-state index contributed by atoms with van der Waals surface area (Å²) >= 11 is 6.03. The van der Waals surface area contributed by atoms with Gasteiger partial charge in [0.05, 0.1) is 17.8 Å². The first-order valence-electron chi connectivity index (χ1n) is 7.36. The second kappa shape index (κ2) is 7.81. The molecule has 0 aromatic heterocycles. The van der Waals surface area contributed by atoms with E-state index in [1.165, 1.54) is 19.2 Å². The number of benzene rings is 1. The van der Waals surface area contributed by atoms with E-state index < -0.39 is 30.8 Å². The van der Waals surface area contributed by atoms with Crippen molar-refractivity contribution < 1.29 is 32.2 Å². The average Bonchev–Trinajstić information content (AvgIpc) is 3.03. The summed E-state index contributed by atoms with van der Waals surface area (Å²) in [4.78, 5) is 25.1. The third-order valence-corrected chi connectivity index (χ3v) is 3.90. The molecule has 1 aliphatic heterocycles. The Kier molecular flexibility index (Phi) is 5.99. The second-order valence-corrected chi connectivity index (χ2v) is 5.76. The SMILES string of the molecule is COc1ccc(NC(=O)C2CCCN2C(=O)OCC(F)(F)F)c(Cl)c1. The van der Waals surface area contributed by atoms with E-state index in [1.807, 2.05) is 0 Å². The lowest BCUT2D eigenvalue weighted by molar-refractivity contribution is -0.162. The van der Waals surface area contributed by atoms with Crippen molar-refractivity contribution in [2.75, 3.05) is 25.6 Å². The van der Waals surface area contributed by atoms with Crippen molar-refractivity contribution in [2.45, 2.75) is 25.1 Å². The maximum Gasteiger partial charge on any atom is 0.422 e. The first-order valence-corrected chi connectivity index (χ1v) is 7.73. The van der Waals surface area contributed by atoms with Gasteiger partial charge in [-0.05, 0) is 25.0 Å². The average molecular weight is 381 g/mol. The van der Waals surface area contributed by atoms with Crippen molar-refractivity contribution in [2.24, 2.45) is 0 Å². The first-order chi connectivity index (χ1) is 11.7. The molecule has 138 valence electrons. The van der Waals surface area contributed by atoms with Gasteiger partial charge >= 0.3 is 12.3 Å². The topological polar surface area (TPSA) is 67.9 Å². The number of hydrogen-bond donors (Lipinski definition) is 1. The van der Waals surface area contributed by atoms with Crippen LogP contribution in [0.3, 0.4) is 0 Å². The predicted octanol–water partition coefficient (Wildman–Crippen LogP) is 3.45. The molecule has 0 bridgehead atoms. The molecule has 0 spiro atoms. The molecular weight excluding hydrogens is 365 g/mol. The number of amides is 2. The zero-order valence-electron chi connectivity index (χ0n) is 13.2. The molecular formula is C15H16ClF3N2O4. The van der Waals surface area contributed by atoms with Gasteiger partial charge in [0.15, 0.2) is 6.61 Å². The van der Waals surface area contributed by atoms with Gasteiger partial charge in [-0.1, -0.05) is 11.6 Å². The number of carbonyl (C=O) groups is 2. The summed E-state index contributed by atoms with van der Waals surface area (Å²) in [5.41, 5.74) is 0.308. The molecule has 25 heavy (non-hydrogen) atoms. The summed E-state index contributed by atoms with van der Waals surface area (Å²) in [5.74, 6) is -0.0465. The van der Waals surface area contributed by atoms with Crippen molar-refractivity contribution in [3.05, 3.63) is 23.2 Å². The Balaban J connectivity index is 2.01. The normalized spacial score (nSPS) is 17.3. The van der Waals surface area contributed by atoms with Crippen LogP contribution in [0.4, 0.5) is 23.7 Å². The van der Waals surface area contributed by atoms with Crippen LogP contribution in [-0.4, -0.2) is 49.4 Å². The Labute approximate surface area is 146 Å². The molecule has 1 atom stereocenters. The van der Waals surface area contributed by atoms with E-state index in [0.717, 1.165) is 4.90 Å². The fourth-order valence-electron chi connectivity index (χ4n) is 2.42. The van der Waals surface area contributed by atoms with Crippen LogP contribution in [0.15, 0.2) is 18.2 Å². The summed E-state index contributed by atoms with van der Waals surface area (Å²) < 4.78 is 45.7. The first kappa shape index (κ1) is 19.2. The van der Waals surface area contributed by atoms with Crippen LogP contribution in [0.1, 0.15) is 12.8 Å². The summed E-state index contributed by atoms with van der Waals surface area (Å²) in [6.07, 6.45) is -4.99. The molecule has 0 radical (unpaired) electrons. The van der Waals surface area contributed by atoms with Gasteiger partial charge < -0.3 is 14.8 Å². The molecule has 1 heterocycles. The fourth-order valence-corrected chi connectivity index (χ4v) is 2.64. The van der Waals surface area contributed by atoms with Crippen LogP contribution in [0.5, 0.6) is 5.75 Å². The summed E-state index contributed by atoms with van der Waals surface area (Å²) in [6.45, 7) is -1.55. The molecule has 0 saturated carbocycles. The van der Waals surface area contributed by atoms with Gasteiger partial charge in [-0.3, -0.25) is 9.69 Å². The number of ether oxygens (including phenoxy) is 2. The molecule has 1 aromatic carbocycles. The minimum atomic E-state index is -4.62. The van der Waals surface area contributed by atoms with E-state index in [0.29, 0.717) is 24.3 Å². The van der Waals surface area contributed by atoms with Crippen LogP contribution in [-0.2, 0) is 9.53 Å². The minimum absolute atomic E-state index is 0.144. The number of alkyl halides is 3. The highest BCUT2D eigenvalue weighted by molar-refractivity contribution is 6.33. The summed E-state index contributed by atoms with van der Waals surface area (Å²) in [7, 11) is 1.47. The van der Waals surface area contributed by atoms with Gasteiger partial charge in [-0.15, -0.1) is 0 Å². The number of hydrogen-bond acceptors (Lipinski definition) is 4. The lowest BCUT2D eigenvalue weighted by atomic mass is 10.2. The third kappa shape index (κ3) is 5.15. The molecule has 1 N–H and O–H groups in total. The standard InChI is InChI=1S/C15H16ClF3N2O4/c1-24-9-4-5-11(10(16)7-9)20-13(22)12-3-2-6-21(12)14(23)25-8-15(17,18)19/h4-5,7,12H,2-3,6,8H2,1H3,(H,20,22). The highest BCUT2D eigenvalue weighted by Gasteiger charge is 2.37. The number of halogens is 4. The fraction of sp³-hybridized carbons (Fsp3) is 0.467. The van der Waals surface area contributed by atoms with Crippen LogP contribution in [0.2, 0.25) is 5.02 Å². The lowest BCUT2D eigenvalue weighted by Crippen LogP contribution is -2.44. The molecule has 1 aromatic rings. The van der Waals surface area contributed by atoms with Crippen molar-refractivity contribution >= 4 is 29.3 Å². The number of methoxy groups -OCH3 is 1. The molecule has 0 aliphatic carbocycles.